The number of hydrogen-bond donors (Lipinski definition) is 1. The van der Waals surface area contributed by atoms with E-state index in [1.807, 2.05) is 11.0 Å². The summed E-state index contributed by atoms with van der Waals surface area (Å²) in [5, 5.41) is 12.7. The average molecular weight is 352 g/mol. The maximum atomic E-state index is 12.4. The molecule has 5 heteroatoms. The van der Waals surface area contributed by atoms with Gasteiger partial charge in [0.2, 0.25) is 0 Å². The van der Waals surface area contributed by atoms with Crippen molar-refractivity contribution in [2.24, 2.45) is 0 Å². The third-order valence-corrected chi connectivity index (χ3v) is 5.29. The summed E-state index contributed by atoms with van der Waals surface area (Å²) in [6.07, 6.45) is 6.96. The third kappa shape index (κ3) is 5.09. The number of hydrogen-bond acceptors (Lipinski definition) is 4. The second kappa shape index (κ2) is 9.40. The summed E-state index contributed by atoms with van der Waals surface area (Å²) in [6.45, 7) is 4.59. The van der Waals surface area contributed by atoms with Crippen LogP contribution in [0.3, 0.4) is 0 Å². The zero-order valence-corrected chi connectivity index (χ0v) is 15.4. The van der Waals surface area contributed by atoms with E-state index in [9.17, 15) is 10.1 Å². The minimum atomic E-state index is -0.124. The molecule has 3 rings (SSSR count). The molecule has 1 N–H and O–H groups in total. The molecule has 26 heavy (non-hydrogen) atoms. The lowest BCUT2D eigenvalue weighted by atomic mass is 10.0. The van der Waals surface area contributed by atoms with E-state index in [0.29, 0.717) is 6.04 Å². The molecule has 5 nitrogen and oxygen atoms in total. The number of amides is 1. The van der Waals surface area contributed by atoms with E-state index >= 15 is 0 Å². The molecular formula is C21H28N4O. The van der Waals surface area contributed by atoms with Gasteiger partial charge in [0.05, 0.1) is 0 Å². The molecule has 0 unspecified atom stereocenters. The summed E-state index contributed by atoms with van der Waals surface area (Å²) in [4.78, 5) is 16.7. The number of nitriles is 1. The number of rotatable bonds is 5. The van der Waals surface area contributed by atoms with Crippen LogP contribution in [0.15, 0.2) is 42.1 Å². The van der Waals surface area contributed by atoms with Crippen LogP contribution in [0.4, 0.5) is 0 Å². The molecule has 2 aliphatic rings. The van der Waals surface area contributed by atoms with Gasteiger partial charge in [-0.1, -0.05) is 30.3 Å². The Morgan fingerprint density at radius 1 is 1.12 bits per heavy atom. The lowest BCUT2D eigenvalue weighted by Crippen LogP contribution is -2.41. The van der Waals surface area contributed by atoms with Gasteiger partial charge in [-0.2, -0.15) is 5.26 Å². The predicted octanol–water partition coefficient (Wildman–Crippen LogP) is 2.66. The molecule has 0 aliphatic carbocycles. The van der Waals surface area contributed by atoms with Gasteiger partial charge in [0.15, 0.2) is 0 Å². The molecule has 2 heterocycles. The van der Waals surface area contributed by atoms with Crippen molar-refractivity contribution in [3.63, 3.8) is 0 Å². The van der Waals surface area contributed by atoms with Gasteiger partial charge in [-0.25, -0.2) is 0 Å². The molecule has 0 radical (unpaired) electrons. The maximum Gasteiger partial charge on any atom is 0.265 e. The molecule has 2 saturated heterocycles. The molecule has 1 aromatic rings. The van der Waals surface area contributed by atoms with Crippen LogP contribution in [0.2, 0.25) is 0 Å². The highest BCUT2D eigenvalue weighted by Gasteiger charge is 2.22. The fourth-order valence-electron chi connectivity index (χ4n) is 3.71. The van der Waals surface area contributed by atoms with Crippen molar-refractivity contribution in [1.82, 2.24) is 15.1 Å². The van der Waals surface area contributed by atoms with Crippen molar-refractivity contribution in [2.75, 3.05) is 26.2 Å². The quantitative estimate of drug-likeness (QED) is 0.654. The van der Waals surface area contributed by atoms with Gasteiger partial charge in [-0.3, -0.25) is 9.69 Å². The first kappa shape index (κ1) is 18.5. The number of nitrogens with one attached hydrogen (secondary N) is 1. The lowest BCUT2D eigenvalue weighted by molar-refractivity contribution is -0.127. The number of nitrogens with zero attached hydrogens (tertiary/aromatic N) is 3. The van der Waals surface area contributed by atoms with Crippen LogP contribution in [-0.2, 0) is 11.3 Å². The molecule has 0 saturated carbocycles. The van der Waals surface area contributed by atoms with Crippen LogP contribution in [0.5, 0.6) is 0 Å². The van der Waals surface area contributed by atoms with Crippen LogP contribution in [0.1, 0.15) is 37.7 Å². The van der Waals surface area contributed by atoms with Gasteiger partial charge in [0, 0.05) is 45.0 Å². The van der Waals surface area contributed by atoms with Crippen molar-refractivity contribution >= 4 is 5.91 Å². The Labute approximate surface area is 156 Å². The van der Waals surface area contributed by atoms with Crippen LogP contribution < -0.4 is 5.32 Å². The normalized spacial score (nSPS) is 19.8. The van der Waals surface area contributed by atoms with Crippen LogP contribution in [0, 0.1) is 11.3 Å². The summed E-state index contributed by atoms with van der Waals surface area (Å²) in [5.41, 5.74) is 1.58. The molecule has 0 atom stereocenters. The van der Waals surface area contributed by atoms with Crippen molar-refractivity contribution in [3.8, 4) is 6.07 Å². The smallest absolute Gasteiger partial charge is 0.265 e. The van der Waals surface area contributed by atoms with Gasteiger partial charge in [-0.15, -0.1) is 0 Å². The van der Waals surface area contributed by atoms with E-state index in [0.717, 1.165) is 58.4 Å². The zero-order valence-electron chi connectivity index (χ0n) is 15.4. The molecule has 138 valence electrons. The number of carbonyl (C=O) groups excluding carboxylic acids is 1. The number of carbonyl (C=O) groups is 1. The topological polar surface area (TPSA) is 59.4 Å². The Kier molecular flexibility index (Phi) is 6.68. The number of piperidine rings is 2. The number of benzene rings is 1. The SMILES string of the molecule is N#C/C(=C/NC1CCN(Cc2ccccc2)CC1)C(=O)N1CCCCC1. The minimum Gasteiger partial charge on any atom is -0.387 e. The van der Waals surface area contributed by atoms with E-state index < -0.39 is 0 Å². The predicted molar refractivity (Wildman–Crippen MR) is 102 cm³/mol. The van der Waals surface area contributed by atoms with E-state index in [1.54, 1.807) is 6.20 Å². The highest BCUT2D eigenvalue weighted by Crippen LogP contribution is 2.15. The maximum absolute atomic E-state index is 12.4. The van der Waals surface area contributed by atoms with Crippen LogP contribution in [-0.4, -0.2) is 47.9 Å². The molecule has 2 fully saturated rings. The second-order valence-corrected chi connectivity index (χ2v) is 7.23. The first-order chi connectivity index (χ1) is 12.8. The molecule has 0 aromatic heterocycles. The van der Waals surface area contributed by atoms with Crippen molar-refractivity contribution in [2.45, 2.75) is 44.7 Å². The summed E-state index contributed by atoms with van der Waals surface area (Å²) in [6, 6.07) is 12.9. The molecule has 2 aliphatic heterocycles. The van der Waals surface area contributed by atoms with Gasteiger partial charge in [0.1, 0.15) is 11.6 Å². The largest absolute Gasteiger partial charge is 0.387 e. The van der Waals surface area contributed by atoms with Crippen molar-refractivity contribution in [1.29, 1.82) is 5.26 Å². The Hall–Kier alpha value is -2.32. The van der Waals surface area contributed by atoms with E-state index in [1.165, 1.54) is 12.0 Å². The van der Waals surface area contributed by atoms with E-state index in [4.69, 9.17) is 0 Å². The van der Waals surface area contributed by atoms with Gasteiger partial charge in [0.25, 0.3) is 5.91 Å². The Morgan fingerprint density at radius 3 is 2.46 bits per heavy atom. The fourth-order valence-corrected chi connectivity index (χ4v) is 3.71. The van der Waals surface area contributed by atoms with Crippen LogP contribution in [0.25, 0.3) is 0 Å². The molecular weight excluding hydrogens is 324 g/mol. The van der Waals surface area contributed by atoms with E-state index in [-0.39, 0.29) is 11.5 Å². The fraction of sp³-hybridized carbons (Fsp3) is 0.524. The summed E-state index contributed by atoms with van der Waals surface area (Å²) >= 11 is 0. The Morgan fingerprint density at radius 2 is 1.81 bits per heavy atom. The van der Waals surface area contributed by atoms with Gasteiger partial charge < -0.3 is 10.2 Å². The van der Waals surface area contributed by atoms with E-state index in [2.05, 4.69) is 40.6 Å². The standard InChI is InChI=1S/C21H28N4O/c22-15-19(21(26)25-11-5-2-6-12-25)16-23-20-9-13-24(14-10-20)17-18-7-3-1-4-8-18/h1,3-4,7-8,16,20,23H,2,5-6,9-14,17H2/b19-16-. The second-order valence-electron chi connectivity index (χ2n) is 7.23. The van der Waals surface area contributed by atoms with Crippen molar-refractivity contribution < 1.29 is 4.79 Å². The minimum absolute atomic E-state index is 0.124. The third-order valence-electron chi connectivity index (χ3n) is 5.29. The zero-order chi connectivity index (χ0) is 18.2. The Bertz CT molecular complexity index is 650. The summed E-state index contributed by atoms with van der Waals surface area (Å²) in [5.74, 6) is -0.124. The Balaban J connectivity index is 1.46. The molecule has 0 bridgehead atoms. The molecule has 1 aromatic carbocycles. The van der Waals surface area contributed by atoms with Gasteiger partial charge >= 0.3 is 0 Å². The summed E-state index contributed by atoms with van der Waals surface area (Å²) in [7, 11) is 0. The molecule has 1 amide bonds. The number of likely N-dealkylation sites (tertiary alicyclic amines) is 2. The first-order valence-corrected chi connectivity index (χ1v) is 9.68. The van der Waals surface area contributed by atoms with Gasteiger partial charge in [-0.05, 0) is 37.7 Å². The first-order valence-electron chi connectivity index (χ1n) is 9.68. The summed E-state index contributed by atoms with van der Waals surface area (Å²) < 4.78 is 0. The lowest BCUT2D eigenvalue weighted by Gasteiger charge is -2.32. The van der Waals surface area contributed by atoms with Crippen molar-refractivity contribution in [3.05, 3.63) is 47.7 Å². The highest BCUT2D eigenvalue weighted by molar-refractivity contribution is 5.97. The average Bonchev–Trinajstić information content (AvgIpc) is 2.71. The monoisotopic (exact) mass is 352 g/mol. The highest BCUT2D eigenvalue weighted by atomic mass is 16.2. The molecule has 0 spiro atoms. The van der Waals surface area contributed by atoms with Crippen LogP contribution >= 0.6 is 0 Å².